The molecule has 0 spiro atoms. The van der Waals surface area contributed by atoms with Gasteiger partial charge in [0, 0.05) is 48.9 Å². The molecule has 4 heterocycles. The third-order valence-electron chi connectivity index (χ3n) is 7.03. The Bertz CT molecular complexity index is 1510. The Hall–Kier alpha value is -4.22. The number of alkyl halides is 3. The van der Waals surface area contributed by atoms with E-state index in [0.717, 1.165) is 17.3 Å². The van der Waals surface area contributed by atoms with Crippen LogP contribution in [-0.4, -0.2) is 51.0 Å². The largest absolute Gasteiger partial charge is 0.494 e. The van der Waals surface area contributed by atoms with Gasteiger partial charge in [-0.15, -0.1) is 0 Å². The molecule has 5 rings (SSSR count). The lowest BCUT2D eigenvalue weighted by Crippen LogP contribution is -2.37. The van der Waals surface area contributed by atoms with Crippen LogP contribution in [0.25, 0.3) is 5.52 Å². The average molecular weight is 555 g/mol. The molecule has 2 aromatic heterocycles. The van der Waals surface area contributed by atoms with Crippen LogP contribution in [0.1, 0.15) is 55.6 Å². The van der Waals surface area contributed by atoms with E-state index in [0.29, 0.717) is 54.2 Å². The van der Waals surface area contributed by atoms with Gasteiger partial charge in [0.2, 0.25) is 11.8 Å². The van der Waals surface area contributed by atoms with Crippen LogP contribution >= 0.6 is 0 Å². The first kappa shape index (κ1) is 27.4. The van der Waals surface area contributed by atoms with Crippen molar-refractivity contribution >= 4 is 28.8 Å². The van der Waals surface area contributed by atoms with E-state index in [-0.39, 0.29) is 30.1 Å². The summed E-state index contributed by atoms with van der Waals surface area (Å²) in [5, 5.41) is 13.8. The zero-order chi connectivity index (χ0) is 28.6. The number of aryl methyl sites for hydroxylation is 1. The third-order valence-corrected chi connectivity index (χ3v) is 7.03. The summed E-state index contributed by atoms with van der Waals surface area (Å²) in [4.78, 5) is 24.2. The predicted octanol–water partition coefficient (Wildman–Crippen LogP) is 4.56. The number of benzene rings is 1. The highest BCUT2D eigenvalue weighted by atomic mass is 19.4. The first-order valence-corrected chi connectivity index (χ1v) is 13.1. The summed E-state index contributed by atoms with van der Waals surface area (Å²) >= 11 is 0. The van der Waals surface area contributed by atoms with Crippen molar-refractivity contribution in [2.45, 2.75) is 46.2 Å². The first-order valence-electron chi connectivity index (χ1n) is 13.1. The Balaban J connectivity index is 1.25. The highest BCUT2D eigenvalue weighted by Crippen LogP contribution is 2.32. The summed E-state index contributed by atoms with van der Waals surface area (Å²) in [5.74, 6) is 0.163. The van der Waals surface area contributed by atoms with Crippen molar-refractivity contribution in [2.75, 3.05) is 13.2 Å². The predicted molar refractivity (Wildman–Crippen MR) is 142 cm³/mol. The number of aromatic nitrogens is 2. The summed E-state index contributed by atoms with van der Waals surface area (Å²) in [5.41, 5.74) is 5.18. The van der Waals surface area contributed by atoms with E-state index >= 15 is 0 Å². The molecule has 0 saturated carbocycles. The fourth-order valence-electron chi connectivity index (χ4n) is 4.93. The van der Waals surface area contributed by atoms with Crippen LogP contribution in [0.4, 0.5) is 13.2 Å². The Morgan fingerprint density at radius 1 is 1.02 bits per heavy atom. The number of hydrazone groups is 2. The number of amides is 2. The second-order valence-electron chi connectivity index (χ2n) is 10.2. The number of pyridine rings is 1. The van der Waals surface area contributed by atoms with Crippen molar-refractivity contribution in [3.05, 3.63) is 65.0 Å². The van der Waals surface area contributed by atoms with Crippen LogP contribution in [-0.2, 0) is 15.8 Å². The molecule has 0 fully saturated rings. The van der Waals surface area contributed by atoms with Gasteiger partial charge in [-0.25, -0.2) is 15.0 Å². The van der Waals surface area contributed by atoms with Crippen molar-refractivity contribution in [2.24, 2.45) is 22.0 Å². The number of nitrogens with zero attached hydrogens (tertiary/aromatic N) is 5. The minimum absolute atomic E-state index is 0.0208. The van der Waals surface area contributed by atoms with Gasteiger partial charge in [0.25, 0.3) is 0 Å². The molecule has 210 valence electrons. The molecule has 40 heavy (non-hydrogen) atoms. The van der Waals surface area contributed by atoms with Crippen LogP contribution in [0, 0.1) is 18.8 Å². The van der Waals surface area contributed by atoms with Crippen molar-refractivity contribution < 1.29 is 27.5 Å². The van der Waals surface area contributed by atoms with E-state index < -0.39 is 11.9 Å². The smallest absolute Gasteiger partial charge is 0.435 e. The SMILES string of the molecule is Cc1ccc(C2=NN(CCCOc3ccc(C4=NNC(=O)CC4C)cc3)C(=O)CC2C)c2cc(C(F)(F)F)nn12. The van der Waals surface area contributed by atoms with Crippen molar-refractivity contribution in [3.63, 3.8) is 0 Å². The number of nitrogens with one attached hydrogen (secondary N) is 1. The van der Waals surface area contributed by atoms with Gasteiger partial charge in [-0.2, -0.15) is 28.5 Å². The number of rotatable bonds is 7. The molecule has 2 amide bonds. The molecule has 0 aliphatic carbocycles. The fourth-order valence-corrected chi connectivity index (χ4v) is 4.93. The Labute approximate surface area is 228 Å². The molecule has 2 aliphatic heterocycles. The molecule has 0 bridgehead atoms. The first-order chi connectivity index (χ1) is 19.0. The number of ether oxygens (including phenoxy) is 1. The van der Waals surface area contributed by atoms with Crippen LogP contribution in [0.15, 0.2) is 52.7 Å². The number of carbonyl (C=O) groups excluding carboxylic acids is 2. The second kappa shape index (κ2) is 10.7. The van der Waals surface area contributed by atoms with Gasteiger partial charge in [0.1, 0.15) is 5.75 Å². The van der Waals surface area contributed by atoms with Crippen LogP contribution in [0.3, 0.4) is 0 Å². The van der Waals surface area contributed by atoms with Gasteiger partial charge in [0.05, 0.1) is 23.5 Å². The van der Waals surface area contributed by atoms with Crippen LogP contribution in [0.2, 0.25) is 0 Å². The zero-order valence-corrected chi connectivity index (χ0v) is 22.3. The highest BCUT2D eigenvalue weighted by molar-refractivity contribution is 6.10. The summed E-state index contributed by atoms with van der Waals surface area (Å²) in [6.45, 7) is 6.12. The van der Waals surface area contributed by atoms with Gasteiger partial charge in [0.15, 0.2) is 5.69 Å². The van der Waals surface area contributed by atoms with E-state index in [1.807, 2.05) is 38.1 Å². The van der Waals surface area contributed by atoms with Gasteiger partial charge >= 0.3 is 6.18 Å². The number of hydrogen-bond donors (Lipinski definition) is 1. The van der Waals surface area contributed by atoms with Gasteiger partial charge in [-0.1, -0.05) is 13.8 Å². The molecule has 3 aromatic rings. The lowest BCUT2D eigenvalue weighted by atomic mass is 9.93. The summed E-state index contributed by atoms with van der Waals surface area (Å²) < 4.78 is 47.2. The molecule has 2 unspecified atom stereocenters. The number of halogens is 3. The van der Waals surface area contributed by atoms with Gasteiger partial charge in [-0.3, -0.25) is 9.59 Å². The quantitative estimate of drug-likeness (QED) is 0.433. The number of fused-ring (bicyclic) bond motifs is 1. The lowest BCUT2D eigenvalue weighted by Gasteiger charge is -2.28. The zero-order valence-electron chi connectivity index (χ0n) is 22.3. The normalized spacial score (nSPS) is 19.9. The fraction of sp³-hybridized carbons (Fsp3) is 0.393. The molecule has 1 N–H and O–H groups in total. The number of carbonyl (C=O) groups is 2. The van der Waals surface area contributed by atoms with Gasteiger partial charge in [-0.05, 0) is 55.0 Å². The van der Waals surface area contributed by atoms with E-state index in [2.05, 4.69) is 20.7 Å². The molecule has 0 saturated heterocycles. The Morgan fingerprint density at radius 2 is 1.75 bits per heavy atom. The highest BCUT2D eigenvalue weighted by Gasteiger charge is 2.35. The molecule has 12 heteroatoms. The molecule has 0 radical (unpaired) electrons. The number of hydrogen-bond acceptors (Lipinski definition) is 6. The van der Waals surface area contributed by atoms with Gasteiger partial charge < -0.3 is 4.74 Å². The van der Waals surface area contributed by atoms with Crippen LogP contribution in [0.5, 0.6) is 5.75 Å². The van der Waals surface area contributed by atoms with E-state index in [4.69, 9.17) is 4.74 Å². The van der Waals surface area contributed by atoms with Crippen LogP contribution < -0.4 is 10.2 Å². The van der Waals surface area contributed by atoms with E-state index in [9.17, 15) is 22.8 Å². The van der Waals surface area contributed by atoms with E-state index in [1.165, 1.54) is 9.52 Å². The molecule has 9 nitrogen and oxygen atoms in total. The topological polar surface area (TPSA) is 101 Å². The molecule has 1 aromatic carbocycles. The third kappa shape index (κ3) is 5.56. The molecule has 2 atom stereocenters. The van der Waals surface area contributed by atoms with Crippen molar-refractivity contribution in [3.8, 4) is 5.75 Å². The summed E-state index contributed by atoms with van der Waals surface area (Å²) in [6.07, 6.45) is -3.48. The average Bonchev–Trinajstić information content (AvgIpc) is 3.36. The van der Waals surface area contributed by atoms with E-state index in [1.54, 1.807) is 19.1 Å². The molecular weight excluding hydrogens is 525 g/mol. The lowest BCUT2D eigenvalue weighted by molar-refractivity contribution is -0.141. The maximum absolute atomic E-state index is 13.4. The standard InChI is InChI=1S/C28H29F3N6O3/c1-16-13-24(38)32-33-26(16)19-6-8-20(9-7-19)40-12-4-11-36-25(39)14-17(2)27(35-36)21-10-5-18(3)37-22(21)15-23(34-37)28(29,30)31/h5-10,15-17H,4,11-14H2,1-3H3,(H,32,38). The molecular formula is C28H29F3N6O3. The maximum Gasteiger partial charge on any atom is 0.435 e. The maximum atomic E-state index is 13.4. The minimum Gasteiger partial charge on any atom is -0.494 e. The Kier molecular flexibility index (Phi) is 7.35. The van der Waals surface area contributed by atoms with Crippen molar-refractivity contribution in [1.29, 1.82) is 0 Å². The monoisotopic (exact) mass is 554 g/mol. The summed E-state index contributed by atoms with van der Waals surface area (Å²) in [6, 6.07) is 11.9. The minimum atomic E-state index is -4.57. The van der Waals surface area contributed by atoms with Crippen molar-refractivity contribution in [1.82, 2.24) is 20.0 Å². The second-order valence-corrected chi connectivity index (χ2v) is 10.2. The Morgan fingerprint density at radius 3 is 2.45 bits per heavy atom. The summed E-state index contributed by atoms with van der Waals surface area (Å²) in [7, 11) is 0. The molecule has 2 aliphatic rings.